The van der Waals surface area contributed by atoms with E-state index >= 15 is 0 Å². The highest BCUT2D eigenvalue weighted by molar-refractivity contribution is 6.39. The lowest BCUT2D eigenvalue weighted by molar-refractivity contribution is -0.384. The van der Waals surface area contributed by atoms with Crippen molar-refractivity contribution >= 4 is 23.2 Å². The Bertz CT molecular complexity index is 930. The topological polar surface area (TPSA) is 140 Å². The molecule has 1 unspecified atom stereocenters. The number of hydrogen-bond acceptors (Lipinski definition) is 7. The number of methoxy groups -OCH3 is 2. The number of anilines is 1. The first-order valence-electron chi connectivity index (χ1n) is 8.51. The molecule has 0 bridgehead atoms. The zero-order valence-electron chi connectivity index (χ0n) is 16.1. The lowest BCUT2D eigenvalue weighted by Gasteiger charge is -2.15. The SMILES string of the molecule is COc1ccc(C(O)CNC(=O)C(=O)Nc2ccc([N+](=O)[O-])cc2C)cc1OC. The molecule has 29 heavy (non-hydrogen) atoms. The number of nitrogens with one attached hydrogen (secondary N) is 2. The normalized spacial score (nSPS) is 11.3. The van der Waals surface area contributed by atoms with E-state index in [2.05, 4.69) is 10.6 Å². The van der Waals surface area contributed by atoms with Crippen LogP contribution in [0.2, 0.25) is 0 Å². The van der Waals surface area contributed by atoms with E-state index in [1.54, 1.807) is 25.1 Å². The molecule has 0 saturated heterocycles. The Balaban J connectivity index is 1.96. The summed E-state index contributed by atoms with van der Waals surface area (Å²) in [6, 6.07) is 8.64. The fourth-order valence-corrected chi connectivity index (χ4v) is 2.53. The summed E-state index contributed by atoms with van der Waals surface area (Å²) < 4.78 is 10.3. The Morgan fingerprint density at radius 1 is 1.10 bits per heavy atom. The van der Waals surface area contributed by atoms with Crippen molar-refractivity contribution in [1.29, 1.82) is 0 Å². The predicted octanol–water partition coefficient (Wildman–Crippen LogP) is 1.71. The smallest absolute Gasteiger partial charge is 0.313 e. The molecule has 0 aliphatic carbocycles. The quantitative estimate of drug-likeness (QED) is 0.363. The van der Waals surface area contributed by atoms with Crippen LogP contribution in [0.1, 0.15) is 17.2 Å². The summed E-state index contributed by atoms with van der Waals surface area (Å²) in [7, 11) is 2.94. The van der Waals surface area contributed by atoms with Gasteiger partial charge in [-0.05, 0) is 36.2 Å². The van der Waals surface area contributed by atoms with Gasteiger partial charge in [-0.25, -0.2) is 0 Å². The summed E-state index contributed by atoms with van der Waals surface area (Å²) in [5.74, 6) is -1.00. The third kappa shape index (κ3) is 5.42. The maximum absolute atomic E-state index is 12.0. The van der Waals surface area contributed by atoms with Gasteiger partial charge in [-0.15, -0.1) is 0 Å². The number of non-ortho nitro benzene ring substituents is 1. The minimum Gasteiger partial charge on any atom is -0.493 e. The molecule has 1 atom stereocenters. The second kappa shape index (κ2) is 9.51. The number of rotatable bonds is 7. The lowest BCUT2D eigenvalue weighted by atomic mass is 10.1. The number of nitro benzene ring substituents is 1. The van der Waals surface area contributed by atoms with Crippen LogP contribution in [-0.2, 0) is 9.59 Å². The summed E-state index contributed by atoms with van der Waals surface area (Å²) in [5.41, 5.74) is 1.06. The van der Waals surface area contributed by atoms with Crippen molar-refractivity contribution in [3.63, 3.8) is 0 Å². The molecule has 0 fully saturated rings. The number of carbonyl (C=O) groups excluding carboxylic acids is 2. The molecule has 154 valence electrons. The number of nitrogens with zero attached hydrogens (tertiary/aromatic N) is 1. The zero-order valence-corrected chi connectivity index (χ0v) is 16.1. The van der Waals surface area contributed by atoms with Gasteiger partial charge in [0.15, 0.2) is 11.5 Å². The van der Waals surface area contributed by atoms with Crippen LogP contribution in [0, 0.1) is 17.0 Å². The number of ether oxygens (including phenoxy) is 2. The van der Waals surface area contributed by atoms with Crippen molar-refractivity contribution in [3.8, 4) is 11.5 Å². The molecule has 2 aromatic carbocycles. The second-order valence-electron chi connectivity index (χ2n) is 6.05. The van der Waals surface area contributed by atoms with Crippen molar-refractivity contribution in [3.05, 3.63) is 57.6 Å². The predicted molar refractivity (Wildman–Crippen MR) is 104 cm³/mol. The van der Waals surface area contributed by atoms with Gasteiger partial charge in [0, 0.05) is 24.4 Å². The van der Waals surface area contributed by atoms with E-state index in [-0.39, 0.29) is 17.9 Å². The Labute approximate surface area is 166 Å². The van der Waals surface area contributed by atoms with E-state index in [1.807, 2.05) is 0 Å². The summed E-state index contributed by atoms with van der Waals surface area (Å²) >= 11 is 0. The summed E-state index contributed by atoms with van der Waals surface area (Å²) in [4.78, 5) is 34.2. The van der Waals surface area contributed by atoms with Crippen molar-refractivity contribution in [2.75, 3.05) is 26.1 Å². The third-order valence-corrected chi connectivity index (χ3v) is 4.12. The van der Waals surface area contributed by atoms with Crippen molar-refractivity contribution in [2.24, 2.45) is 0 Å². The molecule has 0 aliphatic rings. The van der Waals surface area contributed by atoms with Crippen LogP contribution >= 0.6 is 0 Å². The van der Waals surface area contributed by atoms with E-state index in [1.165, 1.54) is 32.4 Å². The number of carbonyl (C=O) groups is 2. The first-order chi connectivity index (χ1) is 13.8. The number of amides is 2. The Hall–Kier alpha value is -3.66. The molecular weight excluding hydrogens is 382 g/mol. The lowest BCUT2D eigenvalue weighted by Crippen LogP contribution is -2.37. The minimum atomic E-state index is -1.08. The molecule has 0 saturated carbocycles. The molecule has 3 N–H and O–H groups in total. The Kier molecular flexibility index (Phi) is 7.10. The van der Waals surface area contributed by atoms with Crippen molar-refractivity contribution in [1.82, 2.24) is 5.32 Å². The van der Waals surface area contributed by atoms with Crippen molar-refractivity contribution < 1.29 is 29.1 Å². The molecular formula is C19H21N3O7. The van der Waals surface area contributed by atoms with Gasteiger partial charge in [-0.2, -0.15) is 0 Å². The number of benzene rings is 2. The summed E-state index contributed by atoms with van der Waals surface area (Å²) in [6.07, 6.45) is -1.08. The van der Waals surface area contributed by atoms with Gasteiger partial charge in [0.1, 0.15) is 0 Å². The molecule has 10 heteroatoms. The van der Waals surface area contributed by atoms with Gasteiger partial charge >= 0.3 is 11.8 Å². The highest BCUT2D eigenvalue weighted by atomic mass is 16.6. The molecule has 0 aromatic heterocycles. The van der Waals surface area contributed by atoms with E-state index < -0.39 is 22.8 Å². The highest BCUT2D eigenvalue weighted by Crippen LogP contribution is 2.29. The number of hydrogen-bond donors (Lipinski definition) is 3. The molecule has 10 nitrogen and oxygen atoms in total. The maximum atomic E-state index is 12.0. The van der Waals surface area contributed by atoms with E-state index in [0.717, 1.165) is 0 Å². The van der Waals surface area contributed by atoms with E-state index in [9.17, 15) is 24.8 Å². The second-order valence-corrected chi connectivity index (χ2v) is 6.05. The standard InChI is InChI=1S/C19H21N3O7/c1-11-8-13(22(26)27)5-6-14(11)21-19(25)18(24)20-10-15(23)12-4-7-16(28-2)17(9-12)29-3/h4-9,15,23H,10H2,1-3H3,(H,20,24)(H,21,25). The first-order valence-corrected chi connectivity index (χ1v) is 8.51. The minimum absolute atomic E-state index is 0.122. The van der Waals surface area contributed by atoms with Crippen LogP contribution in [-0.4, -0.2) is 42.6 Å². The monoisotopic (exact) mass is 403 g/mol. The Morgan fingerprint density at radius 2 is 1.79 bits per heavy atom. The highest BCUT2D eigenvalue weighted by Gasteiger charge is 2.18. The van der Waals surface area contributed by atoms with Gasteiger partial charge in [0.2, 0.25) is 0 Å². The molecule has 2 rings (SSSR count). The zero-order chi connectivity index (χ0) is 21.6. The molecule has 2 amide bonds. The van der Waals surface area contributed by atoms with Gasteiger partial charge in [-0.3, -0.25) is 19.7 Å². The van der Waals surface area contributed by atoms with Crippen LogP contribution in [0.25, 0.3) is 0 Å². The van der Waals surface area contributed by atoms with Gasteiger partial charge < -0.3 is 25.2 Å². The largest absolute Gasteiger partial charge is 0.493 e. The molecule has 2 aromatic rings. The Morgan fingerprint density at radius 3 is 2.38 bits per heavy atom. The maximum Gasteiger partial charge on any atom is 0.313 e. The number of aliphatic hydroxyl groups excluding tert-OH is 1. The summed E-state index contributed by atoms with van der Waals surface area (Å²) in [6.45, 7) is 1.36. The van der Waals surface area contributed by atoms with Gasteiger partial charge in [0.25, 0.3) is 5.69 Å². The molecule has 0 heterocycles. The van der Waals surface area contributed by atoms with E-state index in [4.69, 9.17) is 9.47 Å². The number of nitro groups is 1. The average Bonchev–Trinajstić information content (AvgIpc) is 2.72. The third-order valence-electron chi connectivity index (χ3n) is 4.12. The van der Waals surface area contributed by atoms with Crippen LogP contribution in [0.15, 0.2) is 36.4 Å². The number of aryl methyl sites for hydroxylation is 1. The van der Waals surface area contributed by atoms with Gasteiger partial charge in [0.05, 0.1) is 25.2 Å². The summed E-state index contributed by atoms with van der Waals surface area (Å²) in [5, 5.41) is 25.7. The van der Waals surface area contributed by atoms with Crippen LogP contribution < -0.4 is 20.1 Å². The van der Waals surface area contributed by atoms with Crippen molar-refractivity contribution in [2.45, 2.75) is 13.0 Å². The first kappa shape index (κ1) is 21.6. The molecule has 0 aliphatic heterocycles. The van der Waals surface area contributed by atoms with Gasteiger partial charge in [-0.1, -0.05) is 6.07 Å². The van der Waals surface area contributed by atoms with E-state index in [0.29, 0.717) is 22.6 Å². The molecule has 0 spiro atoms. The fraction of sp³-hybridized carbons (Fsp3) is 0.263. The number of aliphatic hydroxyl groups is 1. The average molecular weight is 403 g/mol. The van der Waals surface area contributed by atoms with Crippen LogP contribution in [0.5, 0.6) is 11.5 Å². The van der Waals surface area contributed by atoms with Crippen LogP contribution in [0.4, 0.5) is 11.4 Å². The fourth-order valence-electron chi connectivity index (χ4n) is 2.53. The molecule has 0 radical (unpaired) electrons. The van der Waals surface area contributed by atoms with Crippen LogP contribution in [0.3, 0.4) is 0 Å².